The number of H-pyrrole nitrogens is 1. The van der Waals surface area contributed by atoms with E-state index in [1.807, 2.05) is 25.1 Å². The SMILES string of the molecule is Cc1cc(Nc2ccc(C#N)c(NC(COc3cccnc3)C(C)C)n2)n[nH]1. The highest BCUT2D eigenvalue weighted by Gasteiger charge is 2.17. The van der Waals surface area contributed by atoms with Gasteiger partial charge in [0.25, 0.3) is 0 Å². The Kier molecular flexibility index (Phi) is 6.07. The third-order valence-corrected chi connectivity index (χ3v) is 4.17. The summed E-state index contributed by atoms with van der Waals surface area (Å²) in [6.07, 6.45) is 3.38. The average Bonchev–Trinajstić information content (AvgIpc) is 3.10. The van der Waals surface area contributed by atoms with Crippen molar-refractivity contribution in [2.24, 2.45) is 5.92 Å². The zero-order chi connectivity index (χ0) is 19.9. The predicted molar refractivity (Wildman–Crippen MR) is 108 cm³/mol. The van der Waals surface area contributed by atoms with Gasteiger partial charge >= 0.3 is 0 Å². The van der Waals surface area contributed by atoms with Gasteiger partial charge in [0, 0.05) is 18.0 Å². The van der Waals surface area contributed by atoms with Crippen molar-refractivity contribution in [3.63, 3.8) is 0 Å². The van der Waals surface area contributed by atoms with E-state index >= 15 is 0 Å². The molecule has 0 amide bonds. The molecule has 0 radical (unpaired) electrons. The average molecular weight is 377 g/mol. The van der Waals surface area contributed by atoms with Crippen LogP contribution in [0.3, 0.4) is 0 Å². The first-order chi connectivity index (χ1) is 13.5. The fourth-order valence-electron chi connectivity index (χ4n) is 2.54. The van der Waals surface area contributed by atoms with Crippen molar-refractivity contribution in [2.45, 2.75) is 26.8 Å². The largest absolute Gasteiger partial charge is 0.490 e. The molecule has 0 aromatic carbocycles. The summed E-state index contributed by atoms with van der Waals surface area (Å²) < 4.78 is 5.84. The minimum absolute atomic E-state index is 0.0392. The first-order valence-electron chi connectivity index (χ1n) is 9.04. The second-order valence-corrected chi connectivity index (χ2v) is 6.76. The maximum absolute atomic E-state index is 9.45. The second-order valence-electron chi connectivity index (χ2n) is 6.76. The molecule has 0 saturated heterocycles. The van der Waals surface area contributed by atoms with Crippen LogP contribution in [0.25, 0.3) is 0 Å². The number of nitrogens with one attached hydrogen (secondary N) is 3. The predicted octanol–water partition coefficient (Wildman–Crippen LogP) is 3.64. The number of hydrogen-bond donors (Lipinski definition) is 3. The molecule has 8 nitrogen and oxygen atoms in total. The van der Waals surface area contributed by atoms with E-state index in [2.05, 4.69) is 50.7 Å². The first kappa shape index (κ1) is 19.2. The maximum atomic E-state index is 9.45. The summed E-state index contributed by atoms with van der Waals surface area (Å²) in [4.78, 5) is 8.61. The van der Waals surface area contributed by atoms with Gasteiger partial charge < -0.3 is 15.4 Å². The van der Waals surface area contributed by atoms with Crippen molar-refractivity contribution in [1.29, 1.82) is 5.26 Å². The maximum Gasteiger partial charge on any atom is 0.153 e. The van der Waals surface area contributed by atoms with Crippen LogP contribution in [-0.2, 0) is 0 Å². The first-order valence-corrected chi connectivity index (χ1v) is 9.04. The summed E-state index contributed by atoms with van der Waals surface area (Å²) in [5.74, 6) is 2.74. The van der Waals surface area contributed by atoms with E-state index in [1.54, 1.807) is 24.5 Å². The standard InChI is InChI=1S/C20H23N7O/c1-13(2)17(12-28-16-5-4-8-22-11-16)23-20-15(10-21)6-7-18(25-20)24-19-9-14(3)26-27-19/h4-9,11,13,17H,12H2,1-3H3,(H3,23,24,25,26,27). The van der Waals surface area contributed by atoms with Crippen LogP contribution < -0.4 is 15.4 Å². The van der Waals surface area contributed by atoms with E-state index < -0.39 is 0 Å². The molecule has 0 aliphatic carbocycles. The van der Waals surface area contributed by atoms with Crippen LogP contribution in [0.4, 0.5) is 17.5 Å². The molecule has 0 bridgehead atoms. The molecule has 3 heterocycles. The molecule has 3 aromatic heterocycles. The van der Waals surface area contributed by atoms with Gasteiger partial charge in [0.15, 0.2) is 5.82 Å². The van der Waals surface area contributed by atoms with E-state index in [9.17, 15) is 5.26 Å². The van der Waals surface area contributed by atoms with Gasteiger partial charge in [0.1, 0.15) is 30.1 Å². The van der Waals surface area contributed by atoms with Gasteiger partial charge in [0.2, 0.25) is 0 Å². The lowest BCUT2D eigenvalue weighted by Gasteiger charge is -2.24. The summed E-state index contributed by atoms with van der Waals surface area (Å²) >= 11 is 0. The summed E-state index contributed by atoms with van der Waals surface area (Å²) in [7, 11) is 0. The molecular formula is C20H23N7O. The minimum Gasteiger partial charge on any atom is -0.490 e. The van der Waals surface area contributed by atoms with Crippen molar-refractivity contribution in [3.8, 4) is 11.8 Å². The zero-order valence-corrected chi connectivity index (χ0v) is 16.1. The van der Waals surface area contributed by atoms with Crippen molar-refractivity contribution >= 4 is 17.5 Å². The van der Waals surface area contributed by atoms with Gasteiger partial charge in [-0.3, -0.25) is 10.1 Å². The van der Waals surface area contributed by atoms with Gasteiger partial charge in [-0.1, -0.05) is 13.8 Å². The van der Waals surface area contributed by atoms with Crippen molar-refractivity contribution in [2.75, 3.05) is 17.2 Å². The zero-order valence-electron chi connectivity index (χ0n) is 16.1. The van der Waals surface area contributed by atoms with Crippen LogP contribution in [0.2, 0.25) is 0 Å². The Bertz CT molecular complexity index is 947. The highest BCUT2D eigenvalue weighted by atomic mass is 16.5. The van der Waals surface area contributed by atoms with Crippen molar-refractivity contribution < 1.29 is 4.74 Å². The van der Waals surface area contributed by atoms with E-state index in [0.29, 0.717) is 35.4 Å². The molecule has 0 aliphatic heterocycles. The van der Waals surface area contributed by atoms with Crippen LogP contribution in [0.15, 0.2) is 42.7 Å². The van der Waals surface area contributed by atoms with Gasteiger partial charge in [-0.25, -0.2) is 4.98 Å². The number of nitrogens with zero attached hydrogens (tertiary/aromatic N) is 4. The number of pyridine rings is 2. The molecule has 0 spiro atoms. The monoisotopic (exact) mass is 377 g/mol. The molecular weight excluding hydrogens is 354 g/mol. The summed E-state index contributed by atoms with van der Waals surface area (Å²) in [5.41, 5.74) is 1.41. The topological polar surface area (TPSA) is 112 Å². The molecule has 1 unspecified atom stereocenters. The molecule has 3 N–H and O–H groups in total. The molecule has 28 heavy (non-hydrogen) atoms. The molecule has 1 atom stereocenters. The molecule has 0 aliphatic rings. The smallest absolute Gasteiger partial charge is 0.153 e. The van der Waals surface area contributed by atoms with Gasteiger partial charge in [0.05, 0.1) is 17.8 Å². The van der Waals surface area contributed by atoms with Gasteiger partial charge in [-0.2, -0.15) is 10.4 Å². The normalized spacial score (nSPS) is 11.7. The molecule has 3 rings (SSSR count). The highest BCUT2D eigenvalue weighted by Crippen LogP contribution is 2.21. The van der Waals surface area contributed by atoms with Crippen molar-refractivity contribution in [1.82, 2.24) is 20.2 Å². The number of rotatable bonds is 8. The lowest BCUT2D eigenvalue weighted by Crippen LogP contribution is -2.33. The second kappa shape index (κ2) is 8.86. The summed E-state index contributed by atoms with van der Waals surface area (Å²) in [5, 5.41) is 23.0. The van der Waals surface area contributed by atoms with E-state index in [-0.39, 0.29) is 12.0 Å². The number of aromatic amines is 1. The Balaban J connectivity index is 1.75. The number of ether oxygens (including phenoxy) is 1. The summed E-state index contributed by atoms with van der Waals surface area (Å²) in [6.45, 7) is 6.52. The van der Waals surface area contributed by atoms with Crippen LogP contribution in [0, 0.1) is 24.2 Å². The number of aromatic nitrogens is 4. The Hall–Kier alpha value is -3.60. The number of anilines is 3. The molecule has 8 heteroatoms. The third kappa shape index (κ3) is 4.98. The van der Waals surface area contributed by atoms with E-state index in [0.717, 1.165) is 5.69 Å². The Morgan fingerprint density at radius 2 is 2.11 bits per heavy atom. The molecule has 0 saturated carbocycles. The minimum atomic E-state index is -0.0392. The van der Waals surface area contributed by atoms with Crippen LogP contribution >= 0.6 is 0 Å². The fourth-order valence-corrected chi connectivity index (χ4v) is 2.54. The molecule has 0 fully saturated rings. The number of nitriles is 1. The Morgan fingerprint density at radius 3 is 2.75 bits per heavy atom. The lowest BCUT2D eigenvalue weighted by atomic mass is 10.1. The Morgan fingerprint density at radius 1 is 1.25 bits per heavy atom. The van der Waals surface area contributed by atoms with Gasteiger partial charge in [-0.05, 0) is 37.1 Å². The summed E-state index contributed by atoms with van der Waals surface area (Å²) in [6, 6.07) is 11.2. The fraction of sp³-hybridized carbons (Fsp3) is 0.300. The van der Waals surface area contributed by atoms with Crippen LogP contribution in [-0.4, -0.2) is 32.8 Å². The van der Waals surface area contributed by atoms with Crippen LogP contribution in [0.5, 0.6) is 5.75 Å². The molecule has 3 aromatic rings. The molecule has 144 valence electrons. The van der Waals surface area contributed by atoms with E-state index in [4.69, 9.17) is 4.74 Å². The van der Waals surface area contributed by atoms with Crippen LogP contribution in [0.1, 0.15) is 25.1 Å². The number of aryl methyl sites for hydroxylation is 1. The third-order valence-electron chi connectivity index (χ3n) is 4.17. The van der Waals surface area contributed by atoms with Crippen molar-refractivity contribution in [3.05, 3.63) is 54.0 Å². The quantitative estimate of drug-likeness (QED) is 0.549. The number of hydrogen-bond acceptors (Lipinski definition) is 7. The van der Waals surface area contributed by atoms with E-state index in [1.165, 1.54) is 0 Å². The Labute approximate surface area is 164 Å². The van der Waals surface area contributed by atoms with Gasteiger partial charge in [-0.15, -0.1) is 0 Å². The lowest BCUT2D eigenvalue weighted by molar-refractivity contribution is 0.269. The highest BCUT2D eigenvalue weighted by molar-refractivity contribution is 5.60.